The van der Waals surface area contributed by atoms with Crippen LogP contribution in [0.2, 0.25) is 0 Å². The van der Waals surface area contributed by atoms with Gasteiger partial charge in [-0.05, 0) is 47.0 Å². The van der Waals surface area contributed by atoms with Gasteiger partial charge in [0.15, 0.2) is 0 Å². The topological polar surface area (TPSA) is 61.4 Å². The van der Waals surface area contributed by atoms with Gasteiger partial charge in [0.05, 0.1) is 5.69 Å². The van der Waals surface area contributed by atoms with Crippen LogP contribution < -0.4 is 15.5 Å². The fourth-order valence-corrected chi connectivity index (χ4v) is 2.79. The second kappa shape index (κ2) is 4.77. The summed E-state index contributed by atoms with van der Waals surface area (Å²) >= 11 is 3.47. The average Bonchev–Trinajstić information content (AvgIpc) is 3.02. The Labute approximate surface area is 125 Å². The zero-order valence-corrected chi connectivity index (χ0v) is 12.8. The molecular weight excluding hydrogens is 322 g/mol. The van der Waals surface area contributed by atoms with Gasteiger partial charge in [0.2, 0.25) is 5.91 Å². The van der Waals surface area contributed by atoms with Gasteiger partial charge in [-0.1, -0.05) is 6.92 Å². The van der Waals surface area contributed by atoms with Crippen molar-refractivity contribution in [2.75, 3.05) is 23.3 Å². The number of rotatable bonds is 3. The minimum Gasteiger partial charge on any atom is -0.336 e. The van der Waals surface area contributed by atoms with E-state index < -0.39 is 0 Å². The van der Waals surface area contributed by atoms with Gasteiger partial charge in [0.25, 0.3) is 0 Å². The Morgan fingerprint density at radius 2 is 2.20 bits per heavy atom. The van der Waals surface area contributed by atoms with E-state index in [1.165, 1.54) is 0 Å². The lowest BCUT2D eigenvalue weighted by molar-refractivity contribution is -0.120. The second-order valence-corrected chi connectivity index (χ2v) is 6.42. The molecule has 20 heavy (non-hydrogen) atoms. The van der Waals surface area contributed by atoms with Crippen LogP contribution in [0.1, 0.15) is 19.8 Å². The Morgan fingerprint density at radius 1 is 1.45 bits per heavy atom. The molecule has 0 atom stereocenters. The standard InChI is InChI=1S/C14H16BrN3O2/c1-14(4-5-14)12(19)17-9-2-3-11(10(15)8-9)18-7-6-16-13(18)20/h2-3,8H,4-7H2,1H3,(H,16,20)(H,17,19). The molecule has 2 N–H and O–H groups in total. The van der Waals surface area contributed by atoms with Crippen LogP contribution in [-0.2, 0) is 4.79 Å². The van der Waals surface area contributed by atoms with E-state index >= 15 is 0 Å². The van der Waals surface area contributed by atoms with Crippen molar-refractivity contribution in [3.05, 3.63) is 22.7 Å². The number of urea groups is 1. The number of halogens is 1. The summed E-state index contributed by atoms with van der Waals surface area (Å²) in [5, 5.41) is 5.69. The third-order valence-electron chi connectivity index (χ3n) is 3.90. The minimum absolute atomic E-state index is 0.0658. The number of benzene rings is 1. The SMILES string of the molecule is CC1(C(=O)Nc2ccc(N3CCNC3=O)c(Br)c2)CC1. The first-order valence-electron chi connectivity index (χ1n) is 6.66. The van der Waals surface area contributed by atoms with E-state index in [-0.39, 0.29) is 17.4 Å². The summed E-state index contributed by atoms with van der Waals surface area (Å²) in [6.07, 6.45) is 1.90. The first kappa shape index (κ1) is 13.4. The molecule has 6 heteroatoms. The smallest absolute Gasteiger partial charge is 0.322 e. The quantitative estimate of drug-likeness (QED) is 0.890. The van der Waals surface area contributed by atoms with Crippen molar-refractivity contribution in [3.63, 3.8) is 0 Å². The van der Waals surface area contributed by atoms with Gasteiger partial charge in [0.1, 0.15) is 0 Å². The van der Waals surface area contributed by atoms with Gasteiger partial charge in [-0.2, -0.15) is 0 Å². The summed E-state index contributed by atoms with van der Waals surface area (Å²) in [6.45, 7) is 3.28. The Morgan fingerprint density at radius 3 is 2.75 bits per heavy atom. The second-order valence-electron chi connectivity index (χ2n) is 5.56. The van der Waals surface area contributed by atoms with Crippen molar-refractivity contribution in [2.24, 2.45) is 5.41 Å². The molecule has 1 aromatic carbocycles. The van der Waals surface area contributed by atoms with Crippen molar-refractivity contribution in [3.8, 4) is 0 Å². The molecule has 1 aliphatic carbocycles. The molecule has 1 aliphatic heterocycles. The zero-order chi connectivity index (χ0) is 14.3. The number of amides is 3. The summed E-state index contributed by atoms with van der Waals surface area (Å²) < 4.78 is 0.799. The maximum atomic E-state index is 12.0. The van der Waals surface area contributed by atoms with Crippen LogP contribution in [0.4, 0.5) is 16.2 Å². The molecular formula is C14H16BrN3O2. The molecule has 106 valence electrons. The highest BCUT2D eigenvalue weighted by Gasteiger charge is 2.44. The van der Waals surface area contributed by atoms with Crippen molar-refractivity contribution >= 4 is 39.2 Å². The van der Waals surface area contributed by atoms with Crippen LogP contribution in [0.3, 0.4) is 0 Å². The minimum atomic E-state index is -0.194. The zero-order valence-electron chi connectivity index (χ0n) is 11.2. The highest BCUT2D eigenvalue weighted by molar-refractivity contribution is 9.10. The van der Waals surface area contributed by atoms with Crippen molar-refractivity contribution in [1.82, 2.24) is 5.32 Å². The van der Waals surface area contributed by atoms with Gasteiger partial charge in [-0.25, -0.2) is 4.79 Å². The Hall–Kier alpha value is -1.56. The molecule has 1 aromatic rings. The molecule has 1 saturated carbocycles. The van der Waals surface area contributed by atoms with Gasteiger partial charge in [0, 0.05) is 28.7 Å². The van der Waals surface area contributed by atoms with E-state index in [4.69, 9.17) is 0 Å². The van der Waals surface area contributed by atoms with Gasteiger partial charge in [-0.15, -0.1) is 0 Å². The lowest BCUT2D eigenvalue weighted by Crippen LogP contribution is -2.28. The molecule has 1 saturated heterocycles. The fraction of sp³-hybridized carbons (Fsp3) is 0.429. The summed E-state index contributed by atoms with van der Waals surface area (Å²) in [5.74, 6) is 0.0658. The van der Waals surface area contributed by atoms with Crippen LogP contribution in [0.5, 0.6) is 0 Å². The van der Waals surface area contributed by atoms with Crippen LogP contribution >= 0.6 is 15.9 Å². The molecule has 0 aromatic heterocycles. The number of nitrogens with zero attached hydrogens (tertiary/aromatic N) is 1. The van der Waals surface area contributed by atoms with E-state index in [2.05, 4.69) is 26.6 Å². The number of carbonyl (C=O) groups excluding carboxylic acids is 2. The van der Waals surface area contributed by atoms with Crippen molar-refractivity contribution < 1.29 is 9.59 Å². The monoisotopic (exact) mass is 337 g/mol. The summed E-state index contributed by atoms with van der Waals surface area (Å²) in [6, 6.07) is 5.42. The van der Waals surface area contributed by atoms with Gasteiger partial charge < -0.3 is 10.6 Å². The molecule has 2 fully saturated rings. The summed E-state index contributed by atoms with van der Waals surface area (Å²) in [4.78, 5) is 25.3. The van der Waals surface area contributed by atoms with E-state index in [0.717, 1.165) is 28.7 Å². The van der Waals surface area contributed by atoms with E-state index in [0.29, 0.717) is 13.1 Å². The molecule has 3 rings (SSSR count). The number of nitrogens with one attached hydrogen (secondary N) is 2. The Balaban J connectivity index is 1.77. The van der Waals surface area contributed by atoms with E-state index in [1.54, 1.807) is 4.90 Å². The average molecular weight is 338 g/mol. The number of carbonyl (C=O) groups is 2. The number of hydrogen-bond acceptors (Lipinski definition) is 2. The van der Waals surface area contributed by atoms with Crippen molar-refractivity contribution in [2.45, 2.75) is 19.8 Å². The predicted molar refractivity (Wildman–Crippen MR) is 80.9 cm³/mol. The van der Waals surface area contributed by atoms with Gasteiger partial charge >= 0.3 is 6.03 Å². The highest BCUT2D eigenvalue weighted by atomic mass is 79.9. The third-order valence-corrected chi connectivity index (χ3v) is 4.54. The molecule has 0 bridgehead atoms. The fourth-order valence-electron chi connectivity index (χ4n) is 2.20. The van der Waals surface area contributed by atoms with Crippen LogP contribution in [0.25, 0.3) is 0 Å². The van der Waals surface area contributed by atoms with Crippen LogP contribution in [0.15, 0.2) is 22.7 Å². The van der Waals surface area contributed by atoms with Crippen molar-refractivity contribution in [1.29, 1.82) is 0 Å². The third kappa shape index (κ3) is 2.40. The van der Waals surface area contributed by atoms with E-state index in [9.17, 15) is 9.59 Å². The normalized spacial score (nSPS) is 19.7. The summed E-state index contributed by atoms with van der Waals surface area (Å²) in [7, 11) is 0. The number of hydrogen-bond donors (Lipinski definition) is 2. The maximum absolute atomic E-state index is 12.0. The molecule has 0 spiro atoms. The Bertz CT molecular complexity index is 584. The molecule has 0 radical (unpaired) electrons. The predicted octanol–water partition coefficient (Wildman–Crippen LogP) is 2.72. The van der Waals surface area contributed by atoms with Crippen LogP contribution in [0, 0.1) is 5.41 Å². The molecule has 1 heterocycles. The first-order chi connectivity index (χ1) is 9.49. The van der Waals surface area contributed by atoms with Crippen LogP contribution in [-0.4, -0.2) is 25.0 Å². The lowest BCUT2D eigenvalue weighted by Gasteiger charge is -2.17. The molecule has 2 aliphatic rings. The largest absolute Gasteiger partial charge is 0.336 e. The maximum Gasteiger partial charge on any atom is 0.322 e. The molecule has 5 nitrogen and oxygen atoms in total. The first-order valence-corrected chi connectivity index (χ1v) is 7.45. The lowest BCUT2D eigenvalue weighted by atomic mass is 10.1. The van der Waals surface area contributed by atoms with E-state index in [1.807, 2.05) is 25.1 Å². The Kier molecular flexibility index (Phi) is 3.20. The van der Waals surface area contributed by atoms with Gasteiger partial charge in [-0.3, -0.25) is 9.69 Å². The molecule has 0 unspecified atom stereocenters. The summed E-state index contributed by atoms with van der Waals surface area (Å²) in [5.41, 5.74) is 1.37. The highest BCUT2D eigenvalue weighted by Crippen LogP contribution is 2.45. The number of anilines is 2. The molecule has 3 amide bonds.